The van der Waals surface area contributed by atoms with Crippen LogP contribution in [-0.4, -0.2) is 35.6 Å². The highest BCUT2D eigenvalue weighted by Gasteiger charge is 2.31. The van der Waals surface area contributed by atoms with E-state index in [1.807, 2.05) is 11.3 Å². The van der Waals surface area contributed by atoms with Crippen molar-refractivity contribution in [3.8, 4) is 0 Å². The van der Waals surface area contributed by atoms with Crippen molar-refractivity contribution >= 4 is 11.3 Å². The first kappa shape index (κ1) is 13.5. The summed E-state index contributed by atoms with van der Waals surface area (Å²) in [6, 6.07) is 0.849. The van der Waals surface area contributed by atoms with E-state index in [0.29, 0.717) is 0 Å². The van der Waals surface area contributed by atoms with Crippen LogP contribution in [0.25, 0.3) is 0 Å². The first-order valence-electron chi connectivity index (χ1n) is 7.73. The van der Waals surface area contributed by atoms with Crippen molar-refractivity contribution in [2.24, 2.45) is 5.92 Å². The number of hydrogen-bond donors (Lipinski definition) is 1. The number of aromatic nitrogens is 1. The Hall–Kier alpha value is -0.450. The zero-order valence-corrected chi connectivity index (χ0v) is 12.7. The van der Waals surface area contributed by atoms with Gasteiger partial charge < -0.3 is 5.32 Å². The van der Waals surface area contributed by atoms with E-state index >= 15 is 0 Å². The first-order valence-corrected chi connectivity index (χ1v) is 8.61. The lowest BCUT2D eigenvalue weighted by molar-refractivity contribution is 0.188. The molecule has 4 heteroatoms. The maximum absolute atomic E-state index is 4.74. The molecule has 0 radical (unpaired) electrons. The first-order chi connectivity index (χ1) is 9.35. The molecule has 0 unspecified atom stereocenters. The van der Waals surface area contributed by atoms with Gasteiger partial charge in [-0.15, -0.1) is 11.3 Å². The lowest BCUT2D eigenvalue weighted by atomic mass is 9.97. The minimum absolute atomic E-state index is 0.849. The summed E-state index contributed by atoms with van der Waals surface area (Å²) in [4.78, 5) is 7.44. The van der Waals surface area contributed by atoms with E-state index in [1.165, 1.54) is 56.0 Å². The molecule has 1 saturated carbocycles. The van der Waals surface area contributed by atoms with Gasteiger partial charge in [0.2, 0.25) is 0 Å². The van der Waals surface area contributed by atoms with Crippen LogP contribution >= 0.6 is 11.3 Å². The van der Waals surface area contributed by atoms with E-state index in [2.05, 4.69) is 22.5 Å². The van der Waals surface area contributed by atoms with Gasteiger partial charge in [-0.25, -0.2) is 4.98 Å². The molecule has 0 amide bonds. The van der Waals surface area contributed by atoms with Crippen molar-refractivity contribution < 1.29 is 0 Å². The highest BCUT2D eigenvalue weighted by atomic mass is 32.1. The number of hydrogen-bond acceptors (Lipinski definition) is 4. The van der Waals surface area contributed by atoms with E-state index in [0.717, 1.165) is 24.9 Å². The monoisotopic (exact) mass is 279 g/mol. The highest BCUT2D eigenvalue weighted by Crippen LogP contribution is 2.30. The lowest BCUT2D eigenvalue weighted by Crippen LogP contribution is -2.37. The Kier molecular flexibility index (Phi) is 4.51. The molecular formula is C15H25N3S. The summed E-state index contributed by atoms with van der Waals surface area (Å²) in [6.45, 7) is 6.96. The van der Waals surface area contributed by atoms with Gasteiger partial charge in [0.25, 0.3) is 0 Å². The molecule has 3 nitrogen and oxygen atoms in total. The SMILES string of the molecule is CCc1nc(CN(CC2CCNCC2)C2CC2)cs1. The lowest BCUT2D eigenvalue weighted by Gasteiger charge is -2.29. The predicted octanol–water partition coefficient (Wildman–Crippen LogP) is 2.67. The quantitative estimate of drug-likeness (QED) is 0.868. The van der Waals surface area contributed by atoms with Crippen molar-refractivity contribution in [1.29, 1.82) is 0 Å². The van der Waals surface area contributed by atoms with Gasteiger partial charge in [0, 0.05) is 24.5 Å². The Morgan fingerprint density at radius 3 is 2.74 bits per heavy atom. The Bertz CT molecular complexity index is 394. The number of nitrogens with one attached hydrogen (secondary N) is 1. The van der Waals surface area contributed by atoms with E-state index in [9.17, 15) is 0 Å². The Morgan fingerprint density at radius 2 is 2.11 bits per heavy atom. The van der Waals surface area contributed by atoms with Crippen molar-refractivity contribution in [3.05, 3.63) is 16.1 Å². The van der Waals surface area contributed by atoms with Gasteiger partial charge in [0.05, 0.1) is 10.7 Å². The van der Waals surface area contributed by atoms with Crippen molar-refractivity contribution in [3.63, 3.8) is 0 Å². The van der Waals surface area contributed by atoms with Crippen LogP contribution in [0, 0.1) is 5.92 Å². The topological polar surface area (TPSA) is 28.2 Å². The molecule has 3 rings (SSSR count). The molecule has 1 N–H and O–H groups in total. The number of nitrogens with zero attached hydrogens (tertiary/aromatic N) is 2. The van der Waals surface area contributed by atoms with Gasteiger partial charge in [0.1, 0.15) is 0 Å². The van der Waals surface area contributed by atoms with Crippen molar-refractivity contribution in [1.82, 2.24) is 15.2 Å². The number of piperidine rings is 1. The fourth-order valence-corrected chi connectivity index (χ4v) is 3.71. The van der Waals surface area contributed by atoms with Crippen LogP contribution in [0.5, 0.6) is 0 Å². The molecule has 2 heterocycles. The molecule has 0 spiro atoms. The number of aryl methyl sites for hydroxylation is 1. The Balaban J connectivity index is 1.57. The van der Waals surface area contributed by atoms with Crippen LogP contribution in [-0.2, 0) is 13.0 Å². The number of thiazole rings is 1. The normalized spacial score (nSPS) is 21.2. The van der Waals surface area contributed by atoms with Crippen LogP contribution in [0.1, 0.15) is 43.3 Å². The van der Waals surface area contributed by atoms with Crippen LogP contribution in [0.4, 0.5) is 0 Å². The maximum atomic E-state index is 4.74. The fraction of sp³-hybridized carbons (Fsp3) is 0.800. The minimum atomic E-state index is 0.849. The van der Waals surface area contributed by atoms with Gasteiger partial charge >= 0.3 is 0 Å². The molecule has 1 aliphatic carbocycles. The molecule has 1 aromatic heterocycles. The van der Waals surface area contributed by atoms with Crippen LogP contribution < -0.4 is 5.32 Å². The molecule has 2 fully saturated rings. The zero-order valence-electron chi connectivity index (χ0n) is 11.9. The average Bonchev–Trinajstić information content (AvgIpc) is 3.20. The summed E-state index contributed by atoms with van der Waals surface area (Å²) in [5.74, 6) is 0.895. The molecule has 0 bridgehead atoms. The van der Waals surface area contributed by atoms with Crippen LogP contribution in [0.15, 0.2) is 5.38 Å². The van der Waals surface area contributed by atoms with E-state index in [1.54, 1.807) is 0 Å². The summed E-state index contributed by atoms with van der Waals surface area (Å²) < 4.78 is 0. The molecule has 1 aliphatic heterocycles. The zero-order chi connectivity index (χ0) is 13.1. The second-order valence-electron chi connectivity index (χ2n) is 5.94. The standard InChI is InChI=1S/C15H25N3S/c1-2-15-17-13(11-19-15)10-18(14-3-4-14)9-12-5-7-16-8-6-12/h11-12,14,16H,2-10H2,1H3. The summed E-state index contributed by atoms with van der Waals surface area (Å²) >= 11 is 1.82. The summed E-state index contributed by atoms with van der Waals surface area (Å²) in [5.41, 5.74) is 1.29. The largest absolute Gasteiger partial charge is 0.317 e. The minimum Gasteiger partial charge on any atom is -0.317 e. The van der Waals surface area contributed by atoms with E-state index in [-0.39, 0.29) is 0 Å². The van der Waals surface area contributed by atoms with Gasteiger partial charge in [-0.3, -0.25) is 4.90 Å². The summed E-state index contributed by atoms with van der Waals surface area (Å²) in [5, 5.41) is 7.01. The van der Waals surface area contributed by atoms with Gasteiger partial charge in [-0.05, 0) is 51.1 Å². The predicted molar refractivity (Wildman–Crippen MR) is 80.5 cm³/mol. The molecule has 2 aliphatic rings. The molecule has 0 aromatic carbocycles. The third-order valence-electron chi connectivity index (χ3n) is 4.28. The molecule has 106 valence electrons. The molecular weight excluding hydrogens is 254 g/mol. The summed E-state index contributed by atoms with van der Waals surface area (Å²) in [7, 11) is 0. The molecule has 0 atom stereocenters. The van der Waals surface area contributed by atoms with Crippen LogP contribution in [0.2, 0.25) is 0 Å². The third kappa shape index (κ3) is 3.77. The Labute approximate surface area is 120 Å². The van der Waals surface area contributed by atoms with E-state index < -0.39 is 0 Å². The second-order valence-corrected chi connectivity index (χ2v) is 6.88. The Morgan fingerprint density at radius 1 is 1.32 bits per heavy atom. The third-order valence-corrected chi connectivity index (χ3v) is 5.32. The van der Waals surface area contributed by atoms with Gasteiger partial charge in [0.15, 0.2) is 0 Å². The maximum Gasteiger partial charge on any atom is 0.0926 e. The second kappa shape index (κ2) is 6.33. The molecule has 1 saturated heterocycles. The highest BCUT2D eigenvalue weighted by molar-refractivity contribution is 7.09. The van der Waals surface area contributed by atoms with Gasteiger partial charge in [-0.2, -0.15) is 0 Å². The molecule has 1 aromatic rings. The molecule has 19 heavy (non-hydrogen) atoms. The van der Waals surface area contributed by atoms with E-state index in [4.69, 9.17) is 4.98 Å². The van der Waals surface area contributed by atoms with Crippen molar-refractivity contribution in [2.45, 2.75) is 51.6 Å². The summed E-state index contributed by atoms with van der Waals surface area (Å²) in [6.07, 6.45) is 6.56. The van der Waals surface area contributed by atoms with Crippen molar-refractivity contribution in [2.75, 3.05) is 19.6 Å². The average molecular weight is 279 g/mol. The van der Waals surface area contributed by atoms with Crippen LogP contribution in [0.3, 0.4) is 0 Å². The van der Waals surface area contributed by atoms with Gasteiger partial charge in [-0.1, -0.05) is 6.92 Å². The fourth-order valence-electron chi connectivity index (χ4n) is 2.97. The number of rotatable bonds is 6. The smallest absolute Gasteiger partial charge is 0.0926 e.